The zero-order valence-electron chi connectivity index (χ0n) is 11.4. The number of benzene rings is 2. The Morgan fingerprint density at radius 3 is 2.48 bits per heavy atom. The molecule has 1 heterocycles. The van der Waals surface area contributed by atoms with E-state index in [-0.39, 0.29) is 6.61 Å². The van der Waals surface area contributed by atoms with E-state index < -0.39 is 0 Å². The molecule has 0 unspecified atom stereocenters. The lowest BCUT2D eigenvalue weighted by atomic mass is 10.2. The average molecular weight is 281 g/mol. The molecular weight excluding hydrogens is 266 g/mol. The van der Waals surface area contributed by atoms with Gasteiger partial charge in [-0.05, 0) is 29.8 Å². The van der Waals surface area contributed by atoms with Crippen molar-refractivity contribution in [3.05, 3.63) is 72.1 Å². The molecule has 0 fully saturated rings. The number of hydrogen-bond donors (Lipinski definition) is 1. The highest BCUT2D eigenvalue weighted by molar-refractivity contribution is 5.29. The van der Waals surface area contributed by atoms with E-state index in [2.05, 4.69) is 10.2 Å². The number of hydrogen-bond acceptors (Lipinski definition) is 4. The van der Waals surface area contributed by atoms with Crippen LogP contribution in [0.25, 0.3) is 5.69 Å². The molecule has 1 N–H and O–H groups in total. The van der Waals surface area contributed by atoms with Gasteiger partial charge in [0.15, 0.2) is 0 Å². The molecule has 0 radical (unpaired) electrons. The normalized spacial score (nSPS) is 10.5. The highest BCUT2D eigenvalue weighted by atomic mass is 16.5. The molecule has 0 aliphatic carbocycles. The first-order valence-electron chi connectivity index (χ1n) is 6.64. The summed E-state index contributed by atoms with van der Waals surface area (Å²) < 4.78 is 5.64. The lowest BCUT2D eigenvalue weighted by Crippen LogP contribution is -2.01. The minimum atomic E-state index is 0.0334. The average Bonchev–Trinajstić information content (AvgIpc) is 3.03. The van der Waals surface area contributed by atoms with Crippen LogP contribution in [0.3, 0.4) is 0 Å². The third-order valence-electron chi connectivity index (χ3n) is 3.02. The van der Waals surface area contributed by atoms with E-state index >= 15 is 0 Å². The third kappa shape index (κ3) is 3.27. The molecule has 0 atom stereocenters. The van der Waals surface area contributed by atoms with Crippen LogP contribution in [0.2, 0.25) is 0 Å². The predicted molar refractivity (Wildman–Crippen MR) is 78.1 cm³/mol. The Morgan fingerprint density at radius 2 is 1.76 bits per heavy atom. The number of ether oxygens (including phenoxy) is 1. The fourth-order valence-electron chi connectivity index (χ4n) is 1.89. The first kappa shape index (κ1) is 13.3. The SMILES string of the molecule is OCc1ccc(OCc2cnn(-c3ccccc3)n2)cc1. The third-order valence-corrected chi connectivity index (χ3v) is 3.02. The monoisotopic (exact) mass is 281 g/mol. The quantitative estimate of drug-likeness (QED) is 0.779. The maximum Gasteiger partial charge on any atom is 0.134 e. The van der Waals surface area contributed by atoms with Crippen LogP contribution in [0.4, 0.5) is 0 Å². The van der Waals surface area contributed by atoms with Crippen LogP contribution in [0, 0.1) is 0 Å². The molecule has 0 aliphatic rings. The van der Waals surface area contributed by atoms with Gasteiger partial charge < -0.3 is 9.84 Å². The van der Waals surface area contributed by atoms with E-state index in [1.165, 1.54) is 0 Å². The molecule has 3 aromatic rings. The Kier molecular flexibility index (Phi) is 3.93. The van der Waals surface area contributed by atoms with Gasteiger partial charge in [0.2, 0.25) is 0 Å². The number of aliphatic hydroxyl groups is 1. The van der Waals surface area contributed by atoms with Crippen molar-refractivity contribution >= 4 is 0 Å². The predicted octanol–water partition coefficient (Wildman–Crippen LogP) is 2.34. The Morgan fingerprint density at radius 1 is 1.00 bits per heavy atom. The van der Waals surface area contributed by atoms with Gasteiger partial charge >= 0.3 is 0 Å². The molecular formula is C16H15N3O2. The van der Waals surface area contributed by atoms with E-state index in [0.717, 1.165) is 22.7 Å². The topological polar surface area (TPSA) is 60.2 Å². The standard InChI is InChI=1S/C16H15N3O2/c20-11-13-6-8-16(9-7-13)21-12-14-10-17-19(18-14)15-4-2-1-3-5-15/h1-10,20H,11-12H2. The summed E-state index contributed by atoms with van der Waals surface area (Å²) >= 11 is 0. The van der Waals surface area contributed by atoms with E-state index in [9.17, 15) is 0 Å². The number of nitrogens with zero attached hydrogens (tertiary/aromatic N) is 3. The molecule has 2 aromatic carbocycles. The minimum absolute atomic E-state index is 0.0334. The summed E-state index contributed by atoms with van der Waals surface area (Å²) in [6.45, 7) is 0.386. The van der Waals surface area contributed by atoms with Crippen molar-refractivity contribution in [1.29, 1.82) is 0 Å². The van der Waals surface area contributed by atoms with Gasteiger partial charge in [-0.1, -0.05) is 30.3 Å². The molecule has 0 saturated heterocycles. The summed E-state index contributed by atoms with van der Waals surface area (Å²) in [6.07, 6.45) is 1.69. The van der Waals surface area contributed by atoms with Crippen LogP contribution < -0.4 is 4.74 Å². The van der Waals surface area contributed by atoms with Crippen molar-refractivity contribution in [1.82, 2.24) is 15.0 Å². The van der Waals surface area contributed by atoms with Crippen molar-refractivity contribution in [2.75, 3.05) is 0 Å². The summed E-state index contributed by atoms with van der Waals surface area (Å²) in [5.74, 6) is 0.737. The molecule has 0 amide bonds. The first-order chi connectivity index (χ1) is 10.3. The largest absolute Gasteiger partial charge is 0.487 e. The molecule has 106 valence electrons. The smallest absolute Gasteiger partial charge is 0.134 e. The summed E-state index contributed by atoms with van der Waals surface area (Å²) in [4.78, 5) is 1.58. The van der Waals surface area contributed by atoms with Crippen molar-refractivity contribution < 1.29 is 9.84 Å². The lowest BCUT2D eigenvalue weighted by molar-refractivity contribution is 0.280. The van der Waals surface area contributed by atoms with Gasteiger partial charge in [0.1, 0.15) is 18.1 Å². The zero-order valence-corrected chi connectivity index (χ0v) is 11.4. The summed E-state index contributed by atoms with van der Waals surface area (Å²) in [7, 11) is 0. The molecule has 5 heteroatoms. The van der Waals surface area contributed by atoms with Gasteiger partial charge in [-0.2, -0.15) is 9.90 Å². The number of aliphatic hydroxyl groups excluding tert-OH is 1. The Balaban J connectivity index is 1.64. The second-order valence-corrected chi connectivity index (χ2v) is 4.55. The Hall–Kier alpha value is -2.66. The van der Waals surface area contributed by atoms with E-state index in [4.69, 9.17) is 9.84 Å². The molecule has 3 rings (SSSR count). The maximum atomic E-state index is 8.99. The van der Waals surface area contributed by atoms with Crippen LogP contribution in [-0.4, -0.2) is 20.1 Å². The number of aromatic nitrogens is 3. The molecule has 5 nitrogen and oxygen atoms in total. The highest BCUT2D eigenvalue weighted by Crippen LogP contribution is 2.14. The van der Waals surface area contributed by atoms with Gasteiger partial charge in [-0.25, -0.2) is 0 Å². The molecule has 1 aromatic heterocycles. The second kappa shape index (κ2) is 6.19. The van der Waals surface area contributed by atoms with Gasteiger partial charge in [-0.15, -0.1) is 5.10 Å². The van der Waals surface area contributed by atoms with Crippen LogP contribution in [0.15, 0.2) is 60.8 Å². The fourth-order valence-corrected chi connectivity index (χ4v) is 1.89. The maximum absolute atomic E-state index is 8.99. The summed E-state index contributed by atoms with van der Waals surface area (Å²) in [6, 6.07) is 17.0. The summed E-state index contributed by atoms with van der Waals surface area (Å²) in [5, 5.41) is 17.6. The van der Waals surface area contributed by atoms with Gasteiger partial charge in [0.25, 0.3) is 0 Å². The van der Waals surface area contributed by atoms with Crippen molar-refractivity contribution in [2.45, 2.75) is 13.2 Å². The van der Waals surface area contributed by atoms with Gasteiger partial charge in [-0.3, -0.25) is 0 Å². The minimum Gasteiger partial charge on any atom is -0.487 e. The van der Waals surface area contributed by atoms with Gasteiger partial charge in [0.05, 0.1) is 18.5 Å². The number of para-hydroxylation sites is 1. The lowest BCUT2D eigenvalue weighted by Gasteiger charge is -2.04. The molecule has 0 aliphatic heterocycles. The molecule has 0 saturated carbocycles. The number of rotatable bonds is 5. The second-order valence-electron chi connectivity index (χ2n) is 4.55. The first-order valence-corrected chi connectivity index (χ1v) is 6.64. The van der Waals surface area contributed by atoms with Crippen LogP contribution >= 0.6 is 0 Å². The fraction of sp³-hybridized carbons (Fsp3) is 0.125. The van der Waals surface area contributed by atoms with Crippen molar-refractivity contribution in [3.8, 4) is 11.4 Å². The van der Waals surface area contributed by atoms with Crippen LogP contribution in [0.1, 0.15) is 11.3 Å². The van der Waals surface area contributed by atoms with E-state index in [1.54, 1.807) is 11.0 Å². The molecule has 21 heavy (non-hydrogen) atoms. The zero-order chi connectivity index (χ0) is 14.5. The highest BCUT2D eigenvalue weighted by Gasteiger charge is 2.03. The Labute approximate surface area is 122 Å². The van der Waals surface area contributed by atoms with Crippen LogP contribution in [-0.2, 0) is 13.2 Å². The molecule has 0 bridgehead atoms. The van der Waals surface area contributed by atoms with E-state index in [1.807, 2.05) is 54.6 Å². The van der Waals surface area contributed by atoms with Crippen molar-refractivity contribution in [3.63, 3.8) is 0 Å². The van der Waals surface area contributed by atoms with E-state index in [0.29, 0.717) is 6.61 Å². The van der Waals surface area contributed by atoms with Crippen LogP contribution in [0.5, 0.6) is 5.75 Å². The van der Waals surface area contributed by atoms with Gasteiger partial charge in [0, 0.05) is 0 Å². The molecule has 0 spiro atoms. The Bertz CT molecular complexity index is 693. The summed E-state index contributed by atoms with van der Waals surface area (Å²) in [5.41, 5.74) is 2.53. The van der Waals surface area contributed by atoms with Crippen molar-refractivity contribution in [2.24, 2.45) is 0 Å².